The SMILES string of the molecule is CCN1c2ccc(F)cc2C(=O)NC12CCN(C(=O)c1ccc(Cl)cc1)CC2. The monoisotopic (exact) mass is 401 g/mol. The number of carbonyl (C=O) groups is 2. The van der Waals surface area contributed by atoms with Crippen LogP contribution in [0.25, 0.3) is 0 Å². The zero-order valence-electron chi connectivity index (χ0n) is 15.5. The molecule has 2 aliphatic rings. The Labute approximate surface area is 168 Å². The highest BCUT2D eigenvalue weighted by Crippen LogP contribution is 2.37. The fraction of sp³-hybridized carbons (Fsp3) is 0.333. The normalized spacial score (nSPS) is 18.0. The number of nitrogens with zero attached hydrogens (tertiary/aromatic N) is 2. The molecule has 1 spiro atoms. The highest BCUT2D eigenvalue weighted by atomic mass is 35.5. The Morgan fingerprint density at radius 1 is 1.18 bits per heavy atom. The molecule has 2 aromatic carbocycles. The zero-order valence-corrected chi connectivity index (χ0v) is 16.3. The van der Waals surface area contributed by atoms with Gasteiger partial charge in [-0.3, -0.25) is 9.59 Å². The number of rotatable bonds is 2. The van der Waals surface area contributed by atoms with Crippen molar-refractivity contribution < 1.29 is 14.0 Å². The molecule has 5 nitrogen and oxygen atoms in total. The average Bonchev–Trinajstić information content (AvgIpc) is 2.69. The Kier molecular flexibility index (Phi) is 4.75. The van der Waals surface area contributed by atoms with Gasteiger partial charge in [0.25, 0.3) is 11.8 Å². The lowest BCUT2D eigenvalue weighted by Gasteiger charge is -2.52. The Morgan fingerprint density at radius 3 is 2.50 bits per heavy atom. The zero-order chi connectivity index (χ0) is 19.9. The maximum atomic E-state index is 13.6. The number of hydrogen-bond donors (Lipinski definition) is 1. The van der Waals surface area contributed by atoms with Gasteiger partial charge in [0.05, 0.1) is 11.3 Å². The van der Waals surface area contributed by atoms with Gasteiger partial charge in [0.2, 0.25) is 0 Å². The van der Waals surface area contributed by atoms with Crippen molar-refractivity contribution >= 4 is 29.1 Å². The minimum Gasteiger partial charge on any atom is -0.348 e. The van der Waals surface area contributed by atoms with E-state index in [2.05, 4.69) is 10.2 Å². The fourth-order valence-corrected chi connectivity index (χ4v) is 4.35. The first kappa shape index (κ1) is 18.7. The van der Waals surface area contributed by atoms with Crippen LogP contribution in [0.5, 0.6) is 0 Å². The number of anilines is 1. The topological polar surface area (TPSA) is 52.7 Å². The lowest BCUT2D eigenvalue weighted by atomic mass is 9.89. The summed E-state index contributed by atoms with van der Waals surface area (Å²) in [5.74, 6) is -0.736. The molecule has 0 bridgehead atoms. The molecule has 1 fully saturated rings. The second kappa shape index (κ2) is 7.09. The molecule has 2 aromatic rings. The van der Waals surface area contributed by atoms with E-state index in [1.54, 1.807) is 35.2 Å². The van der Waals surface area contributed by atoms with Crippen LogP contribution >= 0.6 is 11.6 Å². The molecule has 1 saturated heterocycles. The Balaban J connectivity index is 1.56. The number of fused-ring (bicyclic) bond motifs is 1. The van der Waals surface area contributed by atoms with Crippen LogP contribution in [0.2, 0.25) is 5.02 Å². The van der Waals surface area contributed by atoms with Crippen molar-refractivity contribution in [2.45, 2.75) is 25.4 Å². The number of amides is 2. The molecule has 0 saturated carbocycles. The molecule has 0 unspecified atom stereocenters. The minimum absolute atomic E-state index is 0.0424. The lowest BCUT2D eigenvalue weighted by Crippen LogP contribution is -2.68. The molecule has 4 rings (SSSR count). The van der Waals surface area contributed by atoms with Crippen molar-refractivity contribution in [3.63, 3.8) is 0 Å². The molecule has 0 aromatic heterocycles. The summed E-state index contributed by atoms with van der Waals surface area (Å²) in [7, 11) is 0. The first-order chi connectivity index (χ1) is 13.4. The summed E-state index contributed by atoms with van der Waals surface area (Å²) < 4.78 is 13.6. The van der Waals surface area contributed by atoms with Crippen molar-refractivity contribution in [3.05, 3.63) is 64.4 Å². The fourth-order valence-electron chi connectivity index (χ4n) is 4.22. The first-order valence-corrected chi connectivity index (χ1v) is 9.76. The van der Waals surface area contributed by atoms with Gasteiger partial charge >= 0.3 is 0 Å². The summed E-state index contributed by atoms with van der Waals surface area (Å²) in [6.45, 7) is 3.73. The Morgan fingerprint density at radius 2 is 1.86 bits per heavy atom. The van der Waals surface area contributed by atoms with E-state index in [1.165, 1.54) is 12.1 Å². The van der Waals surface area contributed by atoms with E-state index in [0.29, 0.717) is 48.6 Å². The molecule has 0 atom stereocenters. The lowest BCUT2D eigenvalue weighted by molar-refractivity contribution is 0.0603. The number of benzene rings is 2. The predicted octanol–water partition coefficient (Wildman–Crippen LogP) is 3.68. The van der Waals surface area contributed by atoms with Gasteiger partial charge in [0, 0.05) is 43.1 Å². The molecule has 146 valence electrons. The summed E-state index contributed by atoms with van der Waals surface area (Å²) in [6, 6.07) is 11.2. The number of nitrogens with one attached hydrogen (secondary N) is 1. The van der Waals surface area contributed by atoms with Gasteiger partial charge in [0.1, 0.15) is 11.5 Å². The summed E-state index contributed by atoms with van der Waals surface area (Å²) in [5, 5.41) is 3.68. The van der Waals surface area contributed by atoms with Crippen LogP contribution in [0, 0.1) is 5.82 Å². The van der Waals surface area contributed by atoms with Gasteiger partial charge < -0.3 is 15.1 Å². The number of carbonyl (C=O) groups excluding carboxylic acids is 2. The predicted molar refractivity (Wildman–Crippen MR) is 106 cm³/mol. The van der Waals surface area contributed by atoms with E-state index in [-0.39, 0.29) is 11.8 Å². The molecular weight excluding hydrogens is 381 g/mol. The highest BCUT2D eigenvalue weighted by Gasteiger charge is 2.45. The summed E-state index contributed by atoms with van der Waals surface area (Å²) in [6.07, 6.45) is 1.20. The summed E-state index contributed by atoms with van der Waals surface area (Å²) in [5.41, 5.74) is 1.13. The van der Waals surface area contributed by atoms with Gasteiger partial charge in [0.15, 0.2) is 0 Å². The second-order valence-electron chi connectivity index (χ2n) is 7.19. The summed E-state index contributed by atoms with van der Waals surface area (Å²) in [4.78, 5) is 29.3. The third-order valence-electron chi connectivity index (χ3n) is 5.64. The molecule has 0 aliphatic carbocycles. The van der Waals surface area contributed by atoms with Crippen molar-refractivity contribution in [1.29, 1.82) is 0 Å². The molecule has 7 heteroatoms. The third kappa shape index (κ3) is 3.11. The first-order valence-electron chi connectivity index (χ1n) is 9.38. The van der Waals surface area contributed by atoms with Gasteiger partial charge in [-0.2, -0.15) is 0 Å². The van der Waals surface area contributed by atoms with E-state index >= 15 is 0 Å². The van der Waals surface area contributed by atoms with Crippen LogP contribution in [-0.2, 0) is 0 Å². The number of hydrogen-bond acceptors (Lipinski definition) is 3. The second-order valence-corrected chi connectivity index (χ2v) is 7.63. The van der Waals surface area contributed by atoms with Crippen LogP contribution in [-0.4, -0.2) is 42.0 Å². The van der Waals surface area contributed by atoms with Crippen molar-refractivity contribution in [1.82, 2.24) is 10.2 Å². The van der Waals surface area contributed by atoms with E-state index in [0.717, 1.165) is 5.69 Å². The maximum Gasteiger partial charge on any atom is 0.255 e. The molecule has 2 amide bonds. The Hall–Kier alpha value is -2.60. The highest BCUT2D eigenvalue weighted by molar-refractivity contribution is 6.30. The van der Waals surface area contributed by atoms with Crippen LogP contribution in [0.4, 0.5) is 10.1 Å². The number of likely N-dealkylation sites (tertiary alicyclic amines) is 1. The van der Waals surface area contributed by atoms with Crippen LogP contribution in [0.1, 0.15) is 40.5 Å². The van der Waals surface area contributed by atoms with Crippen molar-refractivity contribution in [2.75, 3.05) is 24.5 Å². The molecule has 2 aliphatic heterocycles. The van der Waals surface area contributed by atoms with E-state index in [1.807, 2.05) is 6.92 Å². The molecule has 0 radical (unpaired) electrons. The average molecular weight is 402 g/mol. The number of halogens is 2. The smallest absolute Gasteiger partial charge is 0.255 e. The van der Waals surface area contributed by atoms with E-state index < -0.39 is 11.5 Å². The van der Waals surface area contributed by atoms with Gasteiger partial charge in [-0.1, -0.05) is 11.6 Å². The maximum absolute atomic E-state index is 13.6. The number of piperidine rings is 1. The largest absolute Gasteiger partial charge is 0.348 e. The van der Waals surface area contributed by atoms with Gasteiger partial charge in [-0.15, -0.1) is 0 Å². The van der Waals surface area contributed by atoms with Crippen LogP contribution in [0.3, 0.4) is 0 Å². The van der Waals surface area contributed by atoms with Crippen LogP contribution < -0.4 is 10.2 Å². The van der Waals surface area contributed by atoms with Gasteiger partial charge in [-0.25, -0.2) is 4.39 Å². The Bertz CT molecular complexity index is 924. The van der Waals surface area contributed by atoms with Gasteiger partial charge in [-0.05, 0) is 49.4 Å². The van der Waals surface area contributed by atoms with Crippen LogP contribution in [0.15, 0.2) is 42.5 Å². The van der Waals surface area contributed by atoms with E-state index in [4.69, 9.17) is 11.6 Å². The molecule has 1 N–H and O–H groups in total. The standard InChI is InChI=1S/C21H21ClFN3O2/c1-2-26-18-8-7-16(23)13-17(18)19(27)24-21(26)9-11-25(12-10-21)20(28)14-3-5-15(22)6-4-14/h3-8,13H,2,9-12H2,1H3,(H,24,27). The molecular formula is C21H21ClFN3O2. The van der Waals surface area contributed by atoms with E-state index in [9.17, 15) is 14.0 Å². The van der Waals surface area contributed by atoms with Crippen molar-refractivity contribution in [3.8, 4) is 0 Å². The molecule has 28 heavy (non-hydrogen) atoms. The minimum atomic E-state index is -0.562. The quantitative estimate of drug-likeness (QED) is 0.835. The van der Waals surface area contributed by atoms with Crippen molar-refractivity contribution in [2.24, 2.45) is 0 Å². The third-order valence-corrected chi connectivity index (χ3v) is 5.89. The molecule has 2 heterocycles. The summed E-state index contributed by atoms with van der Waals surface area (Å²) >= 11 is 5.90.